The standard InChI is InChI=1S/C62H36N8/c63-37-41-15-19-46(20-16-41)57-36-58(68-62(67-57)48-21-17-42(38-64)18-22-48)47-29-25-44(26-30-47)43-23-27-45(28-24-43)55-33-50(40-66)61(34-49(55)39-65)70-59-14-8-7-13-54(59)56-35-53(31-32-60(56)70)69(51-9-3-1-4-10-51)52-11-5-2-6-12-52/h1-36H. The van der Waals surface area contributed by atoms with Crippen LogP contribution in [0.5, 0.6) is 0 Å². The summed E-state index contributed by atoms with van der Waals surface area (Å²) in [4.78, 5) is 12.1. The number of fused-ring (bicyclic) bond motifs is 3. The normalized spacial score (nSPS) is 10.8. The van der Waals surface area contributed by atoms with Gasteiger partial charge in [-0.25, -0.2) is 9.97 Å². The number of hydrogen-bond acceptors (Lipinski definition) is 7. The second kappa shape index (κ2) is 18.1. The van der Waals surface area contributed by atoms with E-state index in [-0.39, 0.29) is 0 Å². The van der Waals surface area contributed by atoms with Gasteiger partial charge in [0.15, 0.2) is 5.82 Å². The molecule has 324 valence electrons. The Labute approximate surface area is 404 Å². The molecule has 0 bridgehead atoms. The van der Waals surface area contributed by atoms with Crippen molar-refractivity contribution >= 4 is 38.9 Å². The monoisotopic (exact) mass is 892 g/mol. The first-order valence-corrected chi connectivity index (χ1v) is 22.5. The van der Waals surface area contributed by atoms with Crippen molar-refractivity contribution in [3.05, 3.63) is 241 Å². The van der Waals surface area contributed by atoms with E-state index in [4.69, 9.17) is 9.97 Å². The van der Waals surface area contributed by atoms with Gasteiger partial charge in [0.05, 0.1) is 68.6 Å². The molecule has 70 heavy (non-hydrogen) atoms. The minimum absolute atomic E-state index is 0.449. The molecule has 11 aromatic rings. The molecule has 0 aliphatic heterocycles. The first-order valence-electron chi connectivity index (χ1n) is 22.5. The van der Waals surface area contributed by atoms with Crippen LogP contribution in [0.15, 0.2) is 218 Å². The van der Waals surface area contributed by atoms with Gasteiger partial charge in [-0.3, -0.25) is 0 Å². The Balaban J connectivity index is 0.923. The van der Waals surface area contributed by atoms with E-state index in [1.807, 2.05) is 140 Å². The smallest absolute Gasteiger partial charge is 0.160 e. The second-order valence-electron chi connectivity index (χ2n) is 16.7. The minimum Gasteiger partial charge on any atom is -0.310 e. The lowest BCUT2D eigenvalue weighted by atomic mass is 9.94. The van der Waals surface area contributed by atoms with Crippen LogP contribution < -0.4 is 4.90 Å². The molecule has 8 nitrogen and oxygen atoms in total. The Bertz CT molecular complexity index is 3830. The number of nitriles is 4. The van der Waals surface area contributed by atoms with Gasteiger partial charge in [-0.15, -0.1) is 0 Å². The topological polar surface area (TPSA) is 129 Å². The van der Waals surface area contributed by atoms with Gasteiger partial charge in [-0.1, -0.05) is 115 Å². The summed E-state index contributed by atoms with van der Waals surface area (Å²) in [6.45, 7) is 0. The molecule has 0 aliphatic rings. The van der Waals surface area contributed by atoms with Gasteiger partial charge in [0.25, 0.3) is 0 Å². The molecule has 8 heteroatoms. The summed E-state index contributed by atoms with van der Waals surface area (Å²) in [5.41, 5.74) is 15.0. The molecule has 2 heterocycles. The van der Waals surface area contributed by atoms with Gasteiger partial charge in [0.2, 0.25) is 0 Å². The van der Waals surface area contributed by atoms with Gasteiger partial charge in [0.1, 0.15) is 6.07 Å². The van der Waals surface area contributed by atoms with Crippen LogP contribution in [-0.4, -0.2) is 14.5 Å². The summed E-state index contributed by atoms with van der Waals surface area (Å²) in [6.07, 6.45) is 0. The molecule has 0 atom stereocenters. The Kier molecular flexibility index (Phi) is 10.9. The number of aromatic nitrogens is 3. The van der Waals surface area contributed by atoms with Crippen molar-refractivity contribution in [3.63, 3.8) is 0 Å². The van der Waals surface area contributed by atoms with E-state index in [2.05, 4.69) is 88.3 Å². The molecule has 0 fully saturated rings. The van der Waals surface area contributed by atoms with E-state index in [1.54, 1.807) is 24.3 Å². The molecule has 0 unspecified atom stereocenters. The summed E-state index contributed by atoms with van der Waals surface area (Å²) in [5, 5.41) is 42.2. The molecule has 9 aromatic carbocycles. The van der Waals surface area contributed by atoms with Gasteiger partial charge >= 0.3 is 0 Å². The molecular formula is C62H36N8. The summed E-state index contributed by atoms with van der Waals surface area (Å²) < 4.78 is 2.10. The van der Waals surface area contributed by atoms with Gasteiger partial charge < -0.3 is 9.47 Å². The van der Waals surface area contributed by atoms with Crippen LogP contribution in [0, 0.1) is 45.3 Å². The van der Waals surface area contributed by atoms with Crippen molar-refractivity contribution in [3.8, 4) is 86.1 Å². The molecule has 0 amide bonds. The number of benzene rings is 9. The van der Waals surface area contributed by atoms with E-state index in [1.165, 1.54) is 0 Å². The fourth-order valence-electron chi connectivity index (χ4n) is 9.11. The highest BCUT2D eigenvalue weighted by atomic mass is 15.1. The quantitative estimate of drug-likeness (QED) is 0.141. The predicted octanol–water partition coefficient (Wildman–Crippen LogP) is 14.9. The first kappa shape index (κ1) is 42.3. The zero-order chi connectivity index (χ0) is 47.6. The maximum absolute atomic E-state index is 10.8. The fourth-order valence-corrected chi connectivity index (χ4v) is 9.11. The molecule has 0 spiro atoms. The largest absolute Gasteiger partial charge is 0.310 e. The van der Waals surface area contributed by atoms with E-state index in [0.29, 0.717) is 45.0 Å². The molecule has 0 radical (unpaired) electrons. The van der Waals surface area contributed by atoms with Crippen LogP contribution in [0.4, 0.5) is 17.1 Å². The number of anilines is 3. The minimum atomic E-state index is 0.449. The fraction of sp³-hybridized carbons (Fsp3) is 0. The summed E-state index contributed by atoms with van der Waals surface area (Å²) in [5.74, 6) is 0.518. The van der Waals surface area contributed by atoms with Crippen molar-refractivity contribution in [2.45, 2.75) is 0 Å². The van der Waals surface area contributed by atoms with Crippen LogP contribution in [0.2, 0.25) is 0 Å². The molecule has 0 saturated heterocycles. The van der Waals surface area contributed by atoms with E-state index in [0.717, 1.165) is 77.9 Å². The van der Waals surface area contributed by atoms with Crippen molar-refractivity contribution in [2.24, 2.45) is 0 Å². The summed E-state index contributed by atoms with van der Waals surface area (Å²) >= 11 is 0. The number of rotatable bonds is 9. The zero-order valence-corrected chi connectivity index (χ0v) is 37.4. The third kappa shape index (κ3) is 7.83. The number of hydrogen-bond donors (Lipinski definition) is 0. The zero-order valence-electron chi connectivity index (χ0n) is 37.4. The van der Waals surface area contributed by atoms with Gasteiger partial charge in [0, 0.05) is 50.1 Å². The lowest BCUT2D eigenvalue weighted by Crippen LogP contribution is -2.09. The van der Waals surface area contributed by atoms with E-state index in [9.17, 15) is 21.0 Å². The third-order valence-corrected chi connectivity index (χ3v) is 12.6. The molecule has 0 aliphatic carbocycles. The molecule has 0 N–H and O–H groups in total. The van der Waals surface area contributed by atoms with Crippen LogP contribution in [0.1, 0.15) is 22.3 Å². The maximum atomic E-state index is 10.8. The number of nitrogens with zero attached hydrogens (tertiary/aromatic N) is 8. The van der Waals surface area contributed by atoms with Crippen LogP contribution >= 0.6 is 0 Å². The van der Waals surface area contributed by atoms with Crippen LogP contribution in [0.3, 0.4) is 0 Å². The predicted molar refractivity (Wildman–Crippen MR) is 277 cm³/mol. The molecular weight excluding hydrogens is 857 g/mol. The van der Waals surface area contributed by atoms with Gasteiger partial charge in [-0.05, 0) is 120 Å². The van der Waals surface area contributed by atoms with Gasteiger partial charge in [-0.2, -0.15) is 21.0 Å². The van der Waals surface area contributed by atoms with Crippen molar-refractivity contribution in [2.75, 3.05) is 4.90 Å². The maximum Gasteiger partial charge on any atom is 0.160 e. The Morgan fingerprint density at radius 3 is 1.40 bits per heavy atom. The Morgan fingerprint density at radius 1 is 0.357 bits per heavy atom. The number of para-hydroxylation sites is 3. The van der Waals surface area contributed by atoms with Crippen LogP contribution in [-0.2, 0) is 0 Å². The summed E-state index contributed by atoms with van der Waals surface area (Å²) in [6, 6.07) is 80.7. The van der Waals surface area contributed by atoms with Crippen molar-refractivity contribution in [1.29, 1.82) is 21.0 Å². The highest BCUT2D eigenvalue weighted by Crippen LogP contribution is 2.41. The average Bonchev–Trinajstić information content (AvgIpc) is 3.76. The second-order valence-corrected chi connectivity index (χ2v) is 16.7. The van der Waals surface area contributed by atoms with E-state index >= 15 is 0 Å². The molecule has 11 rings (SSSR count). The van der Waals surface area contributed by atoms with Crippen molar-refractivity contribution < 1.29 is 0 Å². The van der Waals surface area contributed by atoms with Crippen molar-refractivity contribution in [1.82, 2.24) is 14.5 Å². The Hall–Kier alpha value is -10.4. The highest BCUT2D eigenvalue weighted by Gasteiger charge is 2.21. The van der Waals surface area contributed by atoms with E-state index < -0.39 is 0 Å². The first-order chi connectivity index (χ1) is 34.5. The molecule has 2 aromatic heterocycles. The SMILES string of the molecule is N#Cc1ccc(-c2cc(-c3ccc(-c4ccc(-c5cc(C#N)c(-n6c7ccccc7c7cc(N(c8ccccc8)c8ccccc8)ccc76)cc5C#N)cc4)cc3)nc(-c3ccc(C#N)cc3)n2)cc1. The highest BCUT2D eigenvalue weighted by molar-refractivity contribution is 6.11. The lowest BCUT2D eigenvalue weighted by molar-refractivity contribution is 1.16. The summed E-state index contributed by atoms with van der Waals surface area (Å²) in [7, 11) is 0. The average molecular weight is 893 g/mol. The Morgan fingerprint density at radius 2 is 0.843 bits per heavy atom. The lowest BCUT2D eigenvalue weighted by Gasteiger charge is -2.25. The third-order valence-electron chi connectivity index (χ3n) is 12.6. The van der Waals surface area contributed by atoms with Crippen LogP contribution in [0.25, 0.3) is 83.6 Å². The molecule has 0 saturated carbocycles.